The number of aliphatic hydroxyl groups excluding tert-OH is 1. The highest BCUT2D eigenvalue weighted by Crippen LogP contribution is 2.25. The van der Waals surface area contributed by atoms with Gasteiger partial charge in [-0.25, -0.2) is 0 Å². The van der Waals surface area contributed by atoms with Crippen molar-refractivity contribution in [3.05, 3.63) is 63.9 Å². The standard InChI is InChI=1S/C15H16BrNO/c1-2-11-7-8-12(17-10-11)9-15(18)13-5-3-4-6-14(13)16/h3-8,10,15,18H,2,9H2,1H3. The van der Waals surface area contributed by atoms with E-state index in [1.807, 2.05) is 36.5 Å². The van der Waals surface area contributed by atoms with E-state index in [0.717, 1.165) is 22.2 Å². The molecule has 1 N–H and O–H groups in total. The molecule has 0 aliphatic heterocycles. The molecule has 0 aliphatic rings. The first-order valence-electron chi connectivity index (χ1n) is 6.07. The first kappa shape index (κ1) is 13.2. The van der Waals surface area contributed by atoms with Gasteiger partial charge in [0.05, 0.1) is 6.10 Å². The monoisotopic (exact) mass is 305 g/mol. The summed E-state index contributed by atoms with van der Waals surface area (Å²) in [5.74, 6) is 0. The van der Waals surface area contributed by atoms with Crippen LogP contribution >= 0.6 is 15.9 Å². The second-order valence-corrected chi connectivity index (χ2v) is 5.11. The van der Waals surface area contributed by atoms with Gasteiger partial charge in [0.1, 0.15) is 0 Å². The fourth-order valence-corrected chi connectivity index (χ4v) is 2.39. The Morgan fingerprint density at radius 2 is 2.00 bits per heavy atom. The van der Waals surface area contributed by atoms with Crippen LogP contribution in [0.2, 0.25) is 0 Å². The Morgan fingerprint density at radius 1 is 1.22 bits per heavy atom. The Balaban J connectivity index is 2.11. The van der Waals surface area contributed by atoms with Crippen molar-refractivity contribution < 1.29 is 5.11 Å². The SMILES string of the molecule is CCc1ccc(CC(O)c2ccccc2Br)nc1. The average Bonchev–Trinajstić information content (AvgIpc) is 2.40. The Kier molecular flexibility index (Phi) is 4.50. The predicted molar refractivity (Wildman–Crippen MR) is 76.4 cm³/mol. The molecule has 1 aromatic carbocycles. The molecule has 2 aromatic rings. The zero-order chi connectivity index (χ0) is 13.0. The van der Waals surface area contributed by atoms with E-state index in [-0.39, 0.29) is 0 Å². The molecule has 0 saturated carbocycles. The third-order valence-electron chi connectivity index (χ3n) is 2.96. The second kappa shape index (κ2) is 6.12. The summed E-state index contributed by atoms with van der Waals surface area (Å²) in [5.41, 5.74) is 3.03. The van der Waals surface area contributed by atoms with Crippen molar-refractivity contribution in [1.29, 1.82) is 0 Å². The van der Waals surface area contributed by atoms with Crippen LogP contribution in [0.3, 0.4) is 0 Å². The second-order valence-electron chi connectivity index (χ2n) is 4.25. The molecule has 18 heavy (non-hydrogen) atoms. The molecule has 0 radical (unpaired) electrons. The van der Waals surface area contributed by atoms with E-state index < -0.39 is 6.10 Å². The van der Waals surface area contributed by atoms with E-state index in [1.54, 1.807) is 0 Å². The van der Waals surface area contributed by atoms with Crippen molar-refractivity contribution in [2.45, 2.75) is 25.9 Å². The van der Waals surface area contributed by atoms with Gasteiger partial charge < -0.3 is 5.11 Å². The van der Waals surface area contributed by atoms with E-state index in [9.17, 15) is 5.11 Å². The number of benzene rings is 1. The third-order valence-corrected chi connectivity index (χ3v) is 3.68. The number of nitrogens with zero attached hydrogens (tertiary/aromatic N) is 1. The minimum absolute atomic E-state index is 0.527. The molecule has 0 bridgehead atoms. The molecule has 2 nitrogen and oxygen atoms in total. The van der Waals surface area contributed by atoms with Crippen LogP contribution in [0.15, 0.2) is 47.1 Å². The molecule has 1 unspecified atom stereocenters. The number of aryl methyl sites for hydroxylation is 1. The molecule has 0 spiro atoms. The number of pyridine rings is 1. The van der Waals surface area contributed by atoms with Crippen LogP contribution in [0.4, 0.5) is 0 Å². The highest BCUT2D eigenvalue weighted by molar-refractivity contribution is 9.10. The van der Waals surface area contributed by atoms with Crippen LogP contribution in [0, 0.1) is 0 Å². The first-order valence-corrected chi connectivity index (χ1v) is 6.86. The van der Waals surface area contributed by atoms with Gasteiger partial charge in [-0.2, -0.15) is 0 Å². The minimum atomic E-state index is -0.527. The molecule has 2 rings (SSSR count). The van der Waals surface area contributed by atoms with Crippen LogP contribution in [-0.2, 0) is 12.8 Å². The molecule has 0 saturated heterocycles. The van der Waals surface area contributed by atoms with Gasteiger partial charge in [0.25, 0.3) is 0 Å². The van der Waals surface area contributed by atoms with Gasteiger partial charge in [0.2, 0.25) is 0 Å². The normalized spacial score (nSPS) is 12.4. The van der Waals surface area contributed by atoms with Crippen LogP contribution in [0.1, 0.15) is 29.8 Å². The zero-order valence-electron chi connectivity index (χ0n) is 10.3. The molecule has 1 heterocycles. The summed E-state index contributed by atoms with van der Waals surface area (Å²) in [6, 6.07) is 11.8. The van der Waals surface area contributed by atoms with Gasteiger partial charge in [-0.3, -0.25) is 4.98 Å². The van der Waals surface area contributed by atoms with Crippen molar-refractivity contribution in [3.8, 4) is 0 Å². The van der Waals surface area contributed by atoms with E-state index >= 15 is 0 Å². The predicted octanol–water partition coefficient (Wildman–Crippen LogP) is 3.68. The van der Waals surface area contributed by atoms with E-state index in [1.165, 1.54) is 5.56 Å². The number of halogens is 1. The molecule has 0 aliphatic carbocycles. The summed E-state index contributed by atoms with van der Waals surface area (Å²) in [7, 11) is 0. The van der Waals surface area contributed by atoms with E-state index in [2.05, 4.69) is 33.9 Å². The summed E-state index contributed by atoms with van der Waals surface area (Å²) in [4.78, 5) is 4.37. The highest BCUT2D eigenvalue weighted by Gasteiger charge is 2.12. The van der Waals surface area contributed by atoms with Gasteiger partial charge in [-0.15, -0.1) is 0 Å². The lowest BCUT2D eigenvalue weighted by Gasteiger charge is -2.12. The zero-order valence-corrected chi connectivity index (χ0v) is 11.9. The van der Waals surface area contributed by atoms with Gasteiger partial charge in [-0.1, -0.05) is 47.1 Å². The number of hydrogen-bond acceptors (Lipinski definition) is 2. The maximum absolute atomic E-state index is 10.2. The lowest BCUT2D eigenvalue weighted by molar-refractivity contribution is 0.176. The molecule has 1 atom stereocenters. The lowest BCUT2D eigenvalue weighted by Crippen LogP contribution is -2.04. The Labute approximate surface area is 116 Å². The number of aromatic nitrogens is 1. The van der Waals surface area contributed by atoms with Gasteiger partial charge >= 0.3 is 0 Å². The Bertz CT molecular complexity index is 510. The quantitative estimate of drug-likeness (QED) is 0.934. The Morgan fingerprint density at radius 3 is 2.61 bits per heavy atom. The van der Waals surface area contributed by atoms with E-state index in [4.69, 9.17) is 0 Å². The van der Waals surface area contributed by atoms with E-state index in [0.29, 0.717) is 6.42 Å². The van der Waals surface area contributed by atoms with Crippen LogP contribution in [0.5, 0.6) is 0 Å². The molecule has 3 heteroatoms. The largest absolute Gasteiger partial charge is 0.388 e. The number of rotatable bonds is 4. The van der Waals surface area contributed by atoms with Crippen LogP contribution in [0.25, 0.3) is 0 Å². The summed E-state index contributed by atoms with van der Waals surface area (Å²) in [6.45, 7) is 2.10. The molecular formula is C15H16BrNO. The first-order chi connectivity index (χ1) is 8.70. The average molecular weight is 306 g/mol. The maximum atomic E-state index is 10.2. The molecule has 94 valence electrons. The molecular weight excluding hydrogens is 290 g/mol. The summed E-state index contributed by atoms with van der Waals surface area (Å²) < 4.78 is 0.933. The van der Waals surface area contributed by atoms with Crippen molar-refractivity contribution in [2.75, 3.05) is 0 Å². The molecule has 0 fully saturated rings. The van der Waals surface area contributed by atoms with Gasteiger partial charge in [0.15, 0.2) is 0 Å². The fourth-order valence-electron chi connectivity index (χ4n) is 1.84. The lowest BCUT2D eigenvalue weighted by atomic mass is 10.0. The maximum Gasteiger partial charge on any atom is 0.0856 e. The molecule has 0 amide bonds. The number of aliphatic hydroxyl groups is 1. The summed E-state index contributed by atoms with van der Waals surface area (Å²) in [5, 5.41) is 10.2. The van der Waals surface area contributed by atoms with Gasteiger partial charge in [0, 0.05) is 22.8 Å². The smallest absolute Gasteiger partial charge is 0.0856 e. The van der Waals surface area contributed by atoms with Crippen LogP contribution < -0.4 is 0 Å². The Hall–Kier alpha value is -1.19. The summed E-state index contributed by atoms with van der Waals surface area (Å²) in [6.07, 6.45) is 2.87. The van der Waals surface area contributed by atoms with Crippen molar-refractivity contribution >= 4 is 15.9 Å². The van der Waals surface area contributed by atoms with Crippen molar-refractivity contribution in [2.24, 2.45) is 0 Å². The highest BCUT2D eigenvalue weighted by atomic mass is 79.9. The van der Waals surface area contributed by atoms with Crippen molar-refractivity contribution in [1.82, 2.24) is 4.98 Å². The summed E-state index contributed by atoms with van der Waals surface area (Å²) >= 11 is 3.45. The fraction of sp³-hybridized carbons (Fsp3) is 0.267. The van der Waals surface area contributed by atoms with Crippen LogP contribution in [-0.4, -0.2) is 10.1 Å². The molecule has 1 aromatic heterocycles. The topological polar surface area (TPSA) is 33.1 Å². The van der Waals surface area contributed by atoms with Crippen molar-refractivity contribution in [3.63, 3.8) is 0 Å². The number of hydrogen-bond donors (Lipinski definition) is 1. The van der Waals surface area contributed by atoms with Gasteiger partial charge in [-0.05, 0) is 29.7 Å². The third kappa shape index (κ3) is 3.18. The minimum Gasteiger partial charge on any atom is -0.388 e.